The van der Waals surface area contributed by atoms with Crippen molar-refractivity contribution in [3.05, 3.63) is 125 Å². The summed E-state index contributed by atoms with van der Waals surface area (Å²) in [6, 6.07) is 17.8. The molecule has 3 aromatic carbocycles. The van der Waals surface area contributed by atoms with Gasteiger partial charge >= 0.3 is 0 Å². The number of nitrogens with zero attached hydrogens (tertiary/aromatic N) is 3. The summed E-state index contributed by atoms with van der Waals surface area (Å²) >= 11 is 5.51. The third-order valence-corrected chi connectivity index (χ3v) is 9.04. The molecule has 1 aromatic heterocycles. The van der Waals surface area contributed by atoms with Crippen LogP contribution in [0.5, 0.6) is 5.75 Å². The van der Waals surface area contributed by atoms with Gasteiger partial charge in [-0.2, -0.15) is 0 Å². The molecule has 0 bridgehead atoms. The van der Waals surface area contributed by atoms with Crippen LogP contribution < -0.4 is 14.9 Å². The summed E-state index contributed by atoms with van der Waals surface area (Å²) in [5, 5.41) is 22.2. The standard InChI is InChI=1S/C27H17I2N3O4S/c28-17-10-16(25(33)21(29)13-17)12-22-26(34)31-24(15-5-3-6-18(11-15)32(35)36)20-9-8-14-4-1-2-7-19(14)23(20)30-27(31)37-22/h1-7,10-13,24,33H,8-9H2/b22-12+. The van der Waals surface area contributed by atoms with Crippen molar-refractivity contribution in [2.24, 2.45) is 4.99 Å². The lowest BCUT2D eigenvalue weighted by atomic mass is 9.83. The first-order valence-corrected chi connectivity index (χ1v) is 14.3. The Morgan fingerprint density at radius 1 is 1.11 bits per heavy atom. The Bertz CT molecular complexity index is 1840. The van der Waals surface area contributed by atoms with Crippen molar-refractivity contribution in [1.82, 2.24) is 4.57 Å². The molecule has 0 spiro atoms. The van der Waals surface area contributed by atoms with Gasteiger partial charge in [-0.3, -0.25) is 19.5 Å². The Labute approximate surface area is 241 Å². The van der Waals surface area contributed by atoms with Crippen molar-refractivity contribution >= 4 is 74.0 Å². The van der Waals surface area contributed by atoms with Gasteiger partial charge in [0.15, 0.2) is 4.80 Å². The van der Waals surface area contributed by atoms with Gasteiger partial charge in [-0.15, -0.1) is 0 Å². The first-order valence-electron chi connectivity index (χ1n) is 11.4. The van der Waals surface area contributed by atoms with E-state index in [1.165, 1.54) is 23.0 Å². The number of hydrogen-bond donors (Lipinski definition) is 1. The number of nitro groups is 1. The minimum absolute atomic E-state index is 0.0201. The second-order valence-electron chi connectivity index (χ2n) is 8.79. The highest BCUT2D eigenvalue weighted by atomic mass is 127. The van der Waals surface area contributed by atoms with Crippen LogP contribution in [0.25, 0.3) is 11.8 Å². The number of fused-ring (bicyclic) bond motifs is 3. The number of phenols is 1. The maximum atomic E-state index is 13.9. The van der Waals surface area contributed by atoms with E-state index in [0.717, 1.165) is 26.8 Å². The lowest BCUT2D eigenvalue weighted by Gasteiger charge is -2.30. The van der Waals surface area contributed by atoms with Crippen LogP contribution in [0.2, 0.25) is 0 Å². The molecule has 2 heterocycles. The summed E-state index contributed by atoms with van der Waals surface area (Å²) in [5.74, 6) is 0.121. The fourth-order valence-corrected chi connectivity index (χ4v) is 7.85. The van der Waals surface area contributed by atoms with Crippen LogP contribution in [0.3, 0.4) is 0 Å². The van der Waals surface area contributed by atoms with E-state index >= 15 is 0 Å². The van der Waals surface area contributed by atoms with Crippen LogP contribution in [-0.4, -0.2) is 14.6 Å². The van der Waals surface area contributed by atoms with E-state index in [4.69, 9.17) is 4.99 Å². The number of aromatic hydroxyl groups is 1. The maximum absolute atomic E-state index is 13.9. The summed E-state index contributed by atoms with van der Waals surface area (Å²) in [5.41, 5.74) is 5.01. The zero-order valence-electron chi connectivity index (χ0n) is 19.0. The predicted octanol–water partition coefficient (Wildman–Crippen LogP) is 5.14. The molecule has 0 saturated carbocycles. The molecular formula is C27H17I2N3O4S. The SMILES string of the molecule is O=c1/c(=C\c2cc(I)cc(I)c2O)sc2n1C(c1cccc([N+](=O)[O-])c1)C1=C(N=2)c2ccccc2CC1. The summed E-state index contributed by atoms with van der Waals surface area (Å²) in [6.07, 6.45) is 3.20. The van der Waals surface area contributed by atoms with Gasteiger partial charge in [-0.1, -0.05) is 47.7 Å². The molecule has 2 aliphatic rings. The molecule has 1 aliphatic heterocycles. The molecule has 7 nitrogen and oxygen atoms in total. The Hall–Kier alpha value is -2.84. The number of hydrogen-bond acceptors (Lipinski definition) is 6. The van der Waals surface area contributed by atoms with Gasteiger partial charge in [0.2, 0.25) is 0 Å². The average molecular weight is 733 g/mol. The molecule has 0 radical (unpaired) electrons. The summed E-state index contributed by atoms with van der Waals surface area (Å²) in [4.78, 5) is 30.5. The van der Waals surface area contributed by atoms with Gasteiger partial charge in [0.25, 0.3) is 11.2 Å². The zero-order valence-corrected chi connectivity index (χ0v) is 24.2. The number of benzene rings is 3. The Kier molecular flexibility index (Phi) is 6.27. The van der Waals surface area contributed by atoms with Crippen LogP contribution in [-0.2, 0) is 6.42 Å². The highest BCUT2D eigenvalue weighted by Crippen LogP contribution is 2.41. The van der Waals surface area contributed by atoms with Gasteiger partial charge in [0.05, 0.1) is 24.8 Å². The van der Waals surface area contributed by atoms with E-state index in [1.807, 2.05) is 36.4 Å². The van der Waals surface area contributed by atoms with Gasteiger partial charge in [0, 0.05) is 26.8 Å². The normalized spacial score (nSPS) is 16.6. The molecule has 0 saturated heterocycles. The Balaban J connectivity index is 1.64. The van der Waals surface area contributed by atoms with Crippen LogP contribution in [0.4, 0.5) is 5.69 Å². The van der Waals surface area contributed by atoms with Gasteiger partial charge < -0.3 is 5.11 Å². The highest BCUT2D eigenvalue weighted by Gasteiger charge is 2.33. The molecule has 1 atom stereocenters. The average Bonchev–Trinajstić information content (AvgIpc) is 3.20. The topological polar surface area (TPSA) is 97.7 Å². The molecule has 184 valence electrons. The largest absolute Gasteiger partial charge is 0.506 e. The maximum Gasteiger partial charge on any atom is 0.271 e. The number of thiazole rings is 1. The smallest absolute Gasteiger partial charge is 0.271 e. The highest BCUT2D eigenvalue weighted by molar-refractivity contribution is 14.1. The summed E-state index contributed by atoms with van der Waals surface area (Å²) < 4.78 is 3.74. The number of rotatable bonds is 3. The monoisotopic (exact) mass is 733 g/mol. The number of non-ortho nitro benzene ring substituents is 1. The summed E-state index contributed by atoms with van der Waals surface area (Å²) in [7, 11) is 0. The molecule has 1 unspecified atom stereocenters. The van der Waals surface area contributed by atoms with E-state index in [0.29, 0.717) is 30.5 Å². The van der Waals surface area contributed by atoms with Crippen LogP contribution in [0.15, 0.2) is 76.0 Å². The van der Waals surface area contributed by atoms with Gasteiger partial charge in [-0.25, -0.2) is 4.99 Å². The number of nitro benzene ring substituents is 1. The van der Waals surface area contributed by atoms with Crippen LogP contribution >= 0.6 is 56.5 Å². The molecular weight excluding hydrogens is 716 g/mol. The Morgan fingerprint density at radius 2 is 1.92 bits per heavy atom. The third kappa shape index (κ3) is 4.24. The van der Waals surface area contributed by atoms with Crippen molar-refractivity contribution < 1.29 is 10.0 Å². The quantitative estimate of drug-likeness (QED) is 0.179. The minimum atomic E-state index is -0.508. The molecule has 6 rings (SSSR count). The van der Waals surface area contributed by atoms with Gasteiger partial charge in [-0.05, 0) is 92.9 Å². The number of phenolic OH excluding ortho intramolecular Hbond substituents is 1. The number of aromatic nitrogens is 1. The van der Waals surface area contributed by atoms with Crippen molar-refractivity contribution in [2.45, 2.75) is 18.9 Å². The molecule has 1 aliphatic carbocycles. The molecule has 10 heteroatoms. The first kappa shape index (κ1) is 24.5. The second kappa shape index (κ2) is 9.48. The van der Waals surface area contributed by atoms with E-state index in [-0.39, 0.29) is 17.0 Å². The van der Waals surface area contributed by atoms with Crippen molar-refractivity contribution in [1.29, 1.82) is 0 Å². The lowest BCUT2D eigenvalue weighted by Crippen LogP contribution is -2.38. The second-order valence-corrected chi connectivity index (χ2v) is 12.2. The van der Waals surface area contributed by atoms with Crippen molar-refractivity contribution in [2.75, 3.05) is 0 Å². The van der Waals surface area contributed by atoms with Gasteiger partial charge in [0.1, 0.15) is 5.75 Å². The summed E-state index contributed by atoms with van der Waals surface area (Å²) in [6.45, 7) is 0. The van der Waals surface area contributed by atoms with E-state index in [2.05, 4.69) is 51.2 Å². The fraction of sp³-hybridized carbons (Fsp3) is 0.111. The lowest BCUT2D eigenvalue weighted by molar-refractivity contribution is -0.384. The van der Waals surface area contributed by atoms with Crippen LogP contribution in [0.1, 0.15) is 34.7 Å². The first-order chi connectivity index (χ1) is 17.8. The molecule has 37 heavy (non-hydrogen) atoms. The fourth-order valence-electron chi connectivity index (χ4n) is 4.97. The van der Waals surface area contributed by atoms with E-state index in [1.54, 1.807) is 22.8 Å². The number of allylic oxidation sites excluding steroid dienone is 1. The number of halogens is 2. The minimum Gasteiger partial charge on any atom is -0.506 e. The Morgan fingerprint density at radius 3 is 2.73 bits per heavy atom. The zero-order chi connectivity index (χ0) is 25.8. The third-order valence-electron chi connectivity index (χ3n) is 6.61. The van der Waals surface area contributed by atoms with E-state index in [9.17, 15) is 20.0 Å². The molecule has 4 aromatic rings. The van der Waals surface area contributed by atoms with Crippen molar-refractivity contribution in [3.63, 3.8) is 0 Å². The molecule has 0 fully saturated rings. The number of aryl methyl sites for hydroxylation is 1. The van der Waals surface area contributed by atoms with Crippen LogP contribution in [0, 0.1) is 17.3 Å². The van der Waals surface area contributed by atoms with E-state index < -0.39 is 11.0 Å². The molecule has 0 amide bonds. The van der Waals surface area contributed by atoms with Crippen molar-refractivity contribution in [3.8, 4) is 5.75 Å². The predicted molar refractivity (Wildman–Crippen MR) is 159 cm³/mol. The molecule has 1 N–H and O–H groups in total.